The summed E-state index contributed by atoms with van der Waals surface area (Å²) in [5.41, 5.74) is 0. The van der Waals surface area contributed by atoms with Gasteiger partial charge in [0.2, 0.25) is 5.91 Å². The lowest BCUT2D eigenvalue weighted by atomic mass is 9.75. The fraction of sp³-hybridized carbons (Fsp3) is 0.909. The molecule has 0 atom stereocenters. The second kappa shape index (κ2) is 11.2. The zero-order valence-corrected chi connectivity index (χ0v) is 17.7. The number of Topliss-reactive ketones (excluding diaryl/α,β-unsaturated/α-hetero) is 1. The summed E-state index contributed by atoms with van der Waals surface area (Å²) in [7, 11) is 0. The number of rotatable bonds is 11. The van der Waals surface area contributed by atoms with Gasteiger partial charge in [-0.05, 0) is 64.2 Å². The van der Waals surface area contributed by atoms with Gasteiger partial charge < -0.3 is 14.8 Å². The first kappa shape index (κ1) is 22.4. The maximum absolute atomic E-state index is 12.0. The van der Waals surface area contributed by atoms with Crippen LogP contribution in [0.2, 0.25) is 0 Å². The Kier molecular flexibility index (Phi) is 9.24. The number of ether oxygens (including phenoxy) is 2. The minimum atomic E-state index is 0.0463. The monoisotopic (exact) mass is 381 g/mol. The molecular weight excluding hydrogens is 342 g/mol. The van der Waals surface area contributed by atoms with Crippen LogP contribution in [0, 0.1) is 23.7 Å². The summed E-state index contributed by atoms with van der Waals surface area (Å²) < 4.78 is 11.5. The van der Waals surface area contributed by atoms with Gasteiger partial charge in [0.05, 0.1) is 12.7 Å². The van der Waals surface area contributed by atoms with Gasteiger partial charge in [-0.15, -0.1) is 0 Å². The molecule has 0 radical (unpaired) electrons. The molecule has 0 saturated heterocycles. The minimum absolute atomic E-state index is 0.0463. The van der Waals surface area contributed by atoms with Crippen molar-refractivity contribution in [2.75, 3.05) is 19.8 Å². The maximum Gasteiger partial charge on any atom is 0.222 e. The van der Waals surface area contributed by atoms with Crippen molar-refractivity contribution in [3.63, 3.8) is 0 Å². The molecule has 2 rings (SSSR count). The van der Waals surface area contributed by atoms with Crippen molar-refractivity contribution >= 4 is 11.7 Å². The molecule has 2 fully saturated rings. The number of carbonyl (C=O) groups is 2. The van der Waals surface area contributed by atoms with Crippen molar-refractivity contribution in [3.8, 4) is 0 Å². The predicted octanol–water partition coefficient (Wildman–Crippen LogP) is 3.74. The molecule has 0 bridgehead atoms. The van der Waals surface area contributed by atoms with Crippen LogP contribution in [-0.2, 0) is 19.1 Å². The molecule has 2 saturated carbocycles. The van der Waals surface area contributed by atoms with Crippen molar-refractivity contribution in [1.29, 1.82) is 0 Å². The van der Waals surface area contributed by atoms with Crippen molar-refractivity contribution in [2.24, 2.45) is 23.7 Å². The Bertz CT molecular complexity index is 463. The maximum atomic E-state index is 12.0. The van der Waals surface area contributed by atoms with Crippen LogP contribution in [0.3, 0.4) is 0 Å². The summed E-state index contributed by atoms with van der Waals surface area (Å²) in [4.78, 5) is 23.9. The lowest BCUT2D eigenvalue weighted by Crippen LogP contribution is -2.47. The van der Waals surface area contributed by atoms with Crippen LogP contribution < -0.4 is 5.32 Å². The Labute approximate surface area is 164 Å². The summed E-state index contributed by atoms with van der Waals surface area (Å²) in [6, 6.07) is 0.175. The van der Waals surface area contributed by atoms with Crippen molar-refractivity contribution in [2.45, 2.75) is 84.8 Å². The molecular formula is C22H39NO4. The summed E-state index contributed by atoms with van der Waals surface area (Å²) in [5.74, 6) is 1.94. The molecule has 0 unspecified atom stereocenters. The number of nitrogens with one attached hydrogen (secondary N) is 1. The van der Waals surface area contributed by atoms with Gasteiger partial charge in [-0.2, -0.15) is 0 Å². The van der Waals surface area contributed by atoms with Crippen LogP contribution in [0.1, 0.15) is 72.6 Å². The molecule has 156 valence electrons. The van der Waals surface area contributed by atoms with E-state index in [1.54, 1.807) is 0 Å². The van der Waals surface area contributed by atoms with Crippen LogP contribution in [0.4, 0.5) is 0 Å². The van der Waals surface area contributed by atoms with Crippen LogP contribution in [0.25, 0.3) is 0 Å². The highest BCUT2D eigenvalue weighted by Gasteiger charge is 2.35. The third-order valence-electron chi connectivity index (χ3n) is 5.93. The Balaban J connectivity index is 1.47. The number of amides is 1. The molecule has 0 aromatic carbocycles. The number of hydrogen-bond donors (Lipinski definition) is 1. The van der Waals surface area contributed by atoms with E-state index in [1.165, 1.54) is 25.7 Å². The first-order valence-electron chi connectivity index (χ1n) is 10.9. The number of hydrogen-bond acceptors (Lipinski definition) is 4. The summed E-state index contributed by atoms with van der Waals surface area (Å²) in [6.45, 7) is 10.2. The van der Waals surface area contributed by atoms with E-state index < -0.39 is 0 Å². The molecule has 27 heavy (non-hydrogen) atoms. The molecule has 0 spiro atoms. The molecule has 0 aromatic rings. The largest absolute Gasteiger partial charge is 0.381 e. The van der Waals surface area contributed by atoms with Crippen molar-refractivity contribution in [1.82, 2.24) is 5.32 Å². The average Bonchev–Trinajstić information content (AvgIpc) is 2.60. The molecule has 5 heteroatoms. The normalized spacial score (nSPS) is 28.2. The first-order chi connectivity index (χ1) is 12.8. The zero-order valence-electron chi connectivity index (χ0n) is 17.7. The molecule has 1 amide bonds. The lowest BCUT2D eigenvalue weighted by molar-refractivity contribution is -0.131. The van der Waals surface area contributed by atoms with Crippen LogP contribution in [-0.4, -0.2) is 43.7 Å². The Morgan fingerprint density at radius 3 is 2.11 bits per heavy atom. The van der Waals surface area contributed by atoms with E-state index in [0.29, 0.717) is 36.8 Å². The lowest BCUT2D eigenvalue weighted by Gasteiger charge is -2.35. The van der Waals surface area contributed by atoms with Crippen molar-refractivity contribution in [3.05, 3.63) is 0 Å². The second-order valence-corrected chi connectivity index (χ2v) is 9.08. The number of ketones is 1. The third kappa shape index (κ3) is 7.90. The quantitative estimate of drug-likeness (QED) is 0.554. The Morgan fingerprint density at radius 1 is 0.963 bits per heavy atom. The van der Waals surface area contributed by atoms with E-state index in [2.05, 4.69) is 19.2 Å². The van der Waals surface area contributed by atoms with Gasteiger partial charge in [-0.1, -0.05) is 13.8 Å². The fourth-order valence-corrected chi connectivity index (χ4v) is 4.05. The van der Waals surface area contributed by atoms with Gasteiger partial charge in [0.25, 0.3) is 0 Å². The van der Waals surface area contributed by atoms with Gasteiger partial charge >= 0.3 is 0 Å². The molecule has 5 nitrogen and oxygen atoms in total. The summed E-state index contributed by atoms with van der Waals surface area (Å²) in [5, 5.41) is 3.02. The highest BCUT2D eigenvalue weighted by Crippen LogP contribution is 2.31. The summed E-state index contributed by atoms with van der Waals surface area (Å²) in [6.07, 6.45) is 7.17. The smallest absolute Gasteiger partial charge is 0.222 e. The van der Waals surface area contributed by atoms with Crippen molar-refractivity contribution < 1.29 is 19.1 Å². The van der Waals surface area contributed by atoms with Gasteiger partial charge in [-0.3, -0.25) is 9.59 Å². The topological polar surface area (TPSA) is 64.6 Å². The molecule has 0 aromatic heterocycles. The first-order valence-corrected chi connectivity index (χ1v) is 10.9. The Morgan fingerprint density at radius 2 is 1.56 bits per heavy atom. The van der Waals surface area contributed by atoms with Crippen LogP contribution >= 0.6 is 0 Å². The molecule has 2 aliphatic carbocycles. The fourth-order valence-electron chi connectivity index (χ4n) is 4.05. The van der Waals surface area contributed by atoms with E-state index in [4.69, 9.17) is 9.47 Å². The van der Waals surface area contributed by atoms with E-state index in [-0.39, 0.29) is 23.8 Å². The molecule has 0 aliphatic heterocycles. The van der Waals surface area contributed by atoms with E-state index in [9.17, 15) is 9.59 Å². The zero-order chi connectivity index (χ0) is 19.8. The molecule has 1 N–H and O–H groups in total. The van der Waals surface area contributed by atoms with E-state index in [0.717, 1.165) is 26.1 Å². The van der Waals surface area contributed by atoms with Gasteiger partial charge in [0, 0.05) is 37.5 Å². The van der Waals surface area contributed by atoms with Gasteiger partial charge in [0.1, 0.15) is 5.78 Å². The number of carbonyl (C=O) groups excluding carboxylic acids is 2. The Hall–Kier alpha value is -0.940. The standard InChI is InChI=1S/C22H39NO4/c1-15(2)22(25)19-11-20(12-19)23-21(24)9-10-26-13-17-5-7-18(8-6-17)14-27-16(3)4/h15-20H,5-14H2,1-4H3,(H,23,24). The van der Waals surface area contributed by atoms with Gasteiger partial charge in [-0.25, -0.2) is 0 Å². The average molecular weight is 382 g/mol. The van der Waals surface area contributed by atoms with Crippen LogP contribution in [0.5, 0.6) is 0 Å². The van der Waals surface area contributed by atoms with Gasteiger partial charge in [0.15, 0.2) is 0 Å². The molecule has 2 aliphatic rings. The van der Waals surface area contributed by atoms with E-state index in [1.807, 2.05) is 13.8 Å². The van der Waals surface area contributed by atoms with Crippen LogP contribution in [0.15, 0.2) is 0 Å². The minimum Gasteiger partial charge on any atom is -0.381 e. The predicted molar refractivity (Wildman–Crippen MR) is 106 cm³/mol. The van der Waals surface area contributed by atoms with E-state index >= 15 is 0 Å². The SMILES string of the molecule is CC(C)OCC1CCC(COCCC(=O)NC2CC(C(=O)C(C)C)C2)CC1. The third-order valence-corrected chi connectivity index (χ3v) is 5.93. The molecule has 0 heterocycles. The summed E-state index contributed by atoms with van der Waals surface area (Å²) >= 11 is 0. The highest BCUT2D eigenvalue weighted by molar-refractivity contribution is 5.84. The second-order valence-electron chi connectivity index (χ2n) is 9.08. The highest BCUT2D eigenvalue weighted by atomic mass is 16.5.